The Morgan fingerprint density at radius 3 is 2.93 bits per heavy atom. The van der Waals surface area contributed by atoms with E-state index in [1.165, 1.54) is 12.4 Å². The van der Waals surface area contributed by atoms with Crippen LogP contribution in [0.4, 0.5) is 5.69 Å². The SMILES string of the molecule is CC(C)CC(=O)Nc1ccncc1[C]=O. The van der Waals surface area contributed by atoms with Crippen molar-refractivity contribution in [2.45, 2.75) is 20.3 Å². The van der Waals surface area contributed by atoms with Gasteiger partial charge < -0.3 is 5.32 Å². The molecule has 0 spiro atoms. The molecule has 79 valence electrons. The Morgan fingerprint density at radius 1 is 1.60 bits per heavy atom. The molecule has 0 aliphatic carbocycles. The lowest BCUT2D eigenvalue weighted by atomic mass is 10.1. The number of nitrogens with zero attached hydrogens (tertiary/aromatic N) is 1. The zero-order valence-corrected chi connectivity index (χ0v) is 8.78. The molecule has 0 aromatic carbocycles. The van der Waals surface area contributed by atoms with E-state index in [0.29, 0.717) is 12.1 Å². The molecule has 0 saturated heterocycles. The number of hydrogen-bond acceptors (Lipinski definition) is 3. The van der Waals surface area contributed by atoms with Gasteiger partial charge in [0.05, 0.1) is 11.3 Å². The molecular formula is C11H13N2O2. The monoisotopic (exact) mass is 205 g/mol. The van der Waals surface area contributed by atoms with Crippen molar-refractivity contribution in [1.29, 1.82) is 0 Å². The number of nitrogens with one attached hydrogen (secondary N) is 1. The smallest absolute Gasteiger partial charge is 0.237 e. The third kappa shape index (κ3) is 3.50. The van der Waals surface area contributed by atoms with Crippen LogP contribution in [-0.2, 0) is 9.59 Å². The summed E-state index contributed by atoms with van der Waals surface area (Å²) >= 11 is 0. The molecule has 1 amide bonds. The zero-order chi connectivity index (χ0) is 11.3. The number of aromatic nitrogens is 1. The third-order valence-corrected chi connectivity index (χ3v) is 1.80. The molecule has 1 rings (SSSR count). The maximum absolute atomic E-state index is 11.4. The van der Waals surface area contributed by atoms with Crippen LogP contribution in [0.3, 0.4) is 0 Å². The molecule has 0 aliphatic heterocycles. The summed E-state index contributed by atoms with van der Waals surface area (Å²) in [5, 5.41) is 2.65. The number of amides is 1. The Kier molecular flexibility index (Phi) is 3.97. The van der Waals surface area contributed by atoms with Crippen molar-refractivity contribution in [2.24, 2.45) is 5.92 Å². The van der Waals surface area contributed by atoms with Crippen LogP contribution in [0.15, 0.2) is 18.5 Å². The van der Waals surface area contributed by atoms with Crippen LogP contribution in [0, 0.1) is 5.92 Å². The highest BCUT2D eigenvalue weighted by atomic mass is 16.1. The third-order valence-electron chi connectivity index (χ3n) is 1.80. The topological polar surface area (TPSA) is 59.1 Å². The first-order chi connectivity index (χ1) is 7.13. The van der Waals surface area contributed by atoms with E-state index >= 15 is 0 Å². The molecule has 1 aromatic rings. The van der Waals surface area contributed by atoms with Gasteiger partial charge in [0.25, 0.3) is 0 Å². The van der Waals surface area contributed by atoms with Crippen molar-refractivity contribution >= 4 is 17.9 Å². The van der Waals surface area contributed by atoms with Gasteiger partial charge in [0.1, 0.15) is 0 Å². The molecule has 4 nitrogen and oxygen atoms in total. The van der Waals surface area contributed by atoms with Gasteiger partial charge >= 0.3 is 0 Å². The van der Waals surface area contributed by atoms with Gasteiger partial charge in [-0.15, -0.1) is 0 Å². The Hall–Kier alpha value is -1.71. The van der Waals surface area contributed by atoms with Gasteiger partial charge in [-0.3, -0.25) is 14.6 Å². The lowest BCUT2D eigenvalue weighted by Crippen LogP contribution is -2.15. The fraction of sp³-hybridized carbons (Fsp3) is 0.364. The van der Waals surface area contributed by atoms with E-state index in [1.807, 2.05) is 13.8 Å². The summed E-state index contributed by atoms with van der Waals surface area (Å²) in [5.74, 6) is 0.184. The molecule has 1 heterocycles. The molecule has 15 heavy (non-hydrogen) atoms. The first kappa shape index (κ1) is 11.4. The van der Waals surface area contributed by atoms with Crippen LogP contribution in [0.5, 0.6) is 0 Å². The number of carbonyl (C=O) groups excluding carboxylic acids is 2. The average molecular weight is 205 g/mol. The van der Waals surface area contributed by atoms with Gasteiger partial charge in [-0.05, 0) is 12.0 Å². The van der Waals surface area contributed by atoms with Crippen molar-refractivity contribution in [3.63, 3.8) is 0 Å². The van der Waals surface area contributed by atoms with E-state index in [9.17, 15) is 9.59 Å². The van der Waals surface area contributed by atoms with Crippen molar-refractivity contribution in [3.05, 3.63) is 24.0 Å². The first-order valence-corrected chi connectivity index (χ1v) is 4.75. The van der Waals surface area contributed by atoms with Crippen molar-refractivity contribution < 1.29 is 9.59 Å². The van der Waals surface area contributed by atoms with E-state index in [2.05, 4.69) is 10.3 Å². The Balaban J connectivity index is 2.71. The average Bonchev–Trinajstić information content (AvgIpc) is 2.17. The standard InChI is InChI=1S/C11H13N2O2/c1-8(2)5-11(15)13-10-3-4-12-6-9(10)7-14/h3-4,6,8H,5H2,1-2H3,(H,12,13,15). The normalized spacial score (nSPS) is 10.1. The fourth-order valence-electron chi connectivity index (χ4n) is 1.16. The minimum Gasteiger partial charge on any atom is -0.325 e. The van der Waals surface area contributed by atoms with Gasteiger partial charge in [-0.1, -0.05) is 13.8 Å². The van der Waals surface area contributed by atoms with Gasteiger partial charge in [0.15, 0.2) is 0 Å². The summed E-state index contributed by atoms with van der Waals surface area (Å²) in [4.78, 5) is 25.7. The molecule has 0 unspecified atom stereocenters. The molecule has 0 atom stereocenters. The van der Waals surface area contributed by atoms with Crippen molar-refractivity contribution in [1.82, 2.24) is 4.98 Å². The summed E-state index contributed by atoms with van der Waals surface area (Å²) in [6.07, 6.45) is 5.05. The number of hydrogen-bond donors (Lipinski definition) is 1. The van der Waals surface area contributed by atoms with E-state index in [4.69, 9.17) is 0 Å². The van der Waals surface area contributed by atoms with Crippen LogP contribution in [0.1, 0.15) is 25.8 Å². The number of pyridine rings is 1. The second kappa shape index (κ2) is 5.24. The molecule has 1 aromatic heterocycles. The second-order valence-electron chi connectivity index (χ2n) is 3.67. The minimum atomic E-state index is -0.104. The van der Waals surface area contributed by atoms with Gasteiger partial charge in [0, 0.05) is 18.8 Å². The van der Waals surface area contributed by atoms with E-state index in [1.54, 1.807) is 12.4 Å². The molecule has 0 aliphatic rings. The van der Waals surface area contributed by atoms with E-state index in [0.717, 1.165) is 0 Å². The highest BCUT2D eigenvalue weighted by Crippen LogP contribution is 2.12. The lowest BCUT2D eigenvalue weighted by molar-refractivity contribution is -0.116. The zero-order valence-electron chi connectivity index (χ0n) is 8.78. The van der Waals surface area contributed by atoms with E-state index in [-0.39, 0.29) is 17.4 Å². The predicted molar refractivity (Wildman–Crippen MR) is 57.1 cm³/mol. The summed E-state index contributed by atoms with van der Waals surface area (Å²) in [6, 6.07) is 1.58. The summed E-state index contributed by atoms with van der Waals surface area (Å²) in [7, 11) is 0. The predicted octanol–water partition coefficient (Wildman–Crippen LogP) is 1.52. The quantitative estimate of drug-likeness (QED) is 0.810. The van der Waals surface area contributed by atoms with Gasteiger partial charge in [-0.2, -0.15) is 0 Å². The Bertz CT molecular complexity index is 361. The van der Waals surface area contributed by atoms with Crippen molar-refractivity contribution in [2.75, 3.05) is 5.32 Å². The Morgan fingerprint density at radius 2 is 2.33 bits per heavy atom. The number of anilines is 1. The van der Waals surface area contributed by atoms with Crippen LogP contribution >= 0.6 is 0 Å². The molecule has 0 bridgehead atoms. The highest BCUT2D eigenvalue weighted by Gasteiger charge is 2.08. The molecule has 0 saturated carbocycles. The first-order valence-electron chi connectivity index (χ1n) is 4.75. The number of carbonyl (C=O) groups is 1. The fourth-order valence-corrected chi connectivity index (χ4v) is 1.16. The Labute approximate surface area is 88.7 Å². The van der Waals surface area contributed by atoms with Crippen molar-refractivity contribution in [3.8, 4) is 0 Å². The molecule has 0 fully saturated rings. The van der Waals surface area contributed by atoms with E-state index < -0.39 is 0 Å². The number of rotatable bonds is 4. The largest absolute Gasteiger partial charge is 0.325 e. The lowest BCUT2D eigenvalue weighted by Gasteiger charge is -2.07. The molecule has 1 radical (unpaired) electrons. The van der Waals surface area contributed by atoms with Crippen LogP contribution in [0.25, 0.3) is 0 Å². The summed E-state index contributed by atoms with van der Waals surface area (Å²) < 4.78 is 0. The molecule has 1 N–H and O–H groups in total. The molecule has 4 heteroatoms. The summed E-state index contributed by atoms with van der Waals surface area (Å²) in [5.41, 5.74) is 0.736. The van der Waals surface area contributed by atoms with Crippen LogP contribution in [-0.4, -0.2) is 17.2 Å². The minimum absolute atomic E-state index is 0.104. The second-order valence-corrected chi connectivity index (χ2v) is 3.67. The van der Waals surface area contributed by atoms with Crippen LogP contribution in [0.2, 0.25) is 0 Å². The maximum atomic E-state index is 11.4. The van der Waals surface area contributed by atoms with Gasteiger partial charge in [0.2, 0.25) is 12.2 Å². The highest BCUT2D eigenvalue weighted by molar-refractivity contribution is 5.96. The van der Waals surface area contributed by atoms with Crippen LogP contribution < -0.4 is 5.32 Å². The van der Waals surface area contributed by atoms with Gasteiger partial charge in [-0.25, -0.2) is 0 Å². The summed E-state index contributed by atoms with van der Waals surface area (Å²) in [6.45, 7) is 3.91. The maximum Gasteiger partial charge on any atom is 0.237 e. The molecular weight excluding hydrogens is 192 g/mol.